The fraction of sp³-hybridized carbons (Fsp3) is 0.571. The normalized spacial score (nSPS) is 20.3. The van der Waals surface area contributed by atoms with E-state index in [1.165, 1.54) is 16.4 Å². The van der Waals surface area contributed by atoms with Gasteiger partial charge < -0.3 is 5.32 Å². The summed E-state index contributed by atoms with van der Waals surface area (Å²) in [5, 5.41) is 3.27. The van der Waals surface area contributed by atoms with Crippen LogP contribution in [-0.4, -0.2) is 39.4 Å². The maximum atomic E-state index is 13.3. The zero-order chi connectivity index (χ0) is 14.8. The molecule has 112 valence electrons. The van der Waals surface area contributed by atoms with Crippen LogP contribution in [0.3, 0.4) is 0 Å². The second-order valence-corrected chi connectivity index (χ2v) is 7.42. The Morgan fingerprint density at radius 2 is 2.20 bits per heavy atom. The number of halogens is 1. The van der Waals surface area contributed by atoms with Gasteiger partial charge >= 0.3 is 0 Å². The summed E-state index contributed by atoms with van der Waals surface area (Å²) < 4.78 is 39.7. The maximum absolute atomic E-state index is 13.3. The van der Waals surface area contributed by atoms with E-state index >= 15 is 0 Å². The minimum atomic E-state index is -3.63. The molecule has 1 N–H and O–H groups in total. The van der Waals surface area contributed by atoms with Crippen LogP contribution in [0.4, 0.5) is 4.39 Å². The van der Waals surface area contributed by atoms with Gasteiger partial charge in [-0.05, 0) is 56.5 Å². The smallest absolute Gasteiger partial charge is 0.243 e. The van der Waals surface area contributed by atoms with E-state index in [0.717, 1.165) is 32.0 Å². The molecule has 1 aromatic carbocycles. The zero-order valence-electron chi connectivity index (χ0n) is 11.9. The number of rotatable bonds is 4. The first-order chi connectivity index (χ1) is 9.41. The first kappa shape index (κ1) is 15.4. The van der Waals surface area contributed by atoms with Crippen molar-refractivity contribution in [1.82, 2.24) is 9.62 Å². The lowest BCUT2D eigenvalue weighted by Gasteiger charge is -2.27. The summed E-state index contributed by atoms with van der Waals surface area (Å²) in [5.74, 6) is -0.209. The number of nitrogens with zero attached hydrogens (tertiary/aromatic N) is 1. The average Bonchev–Trinajstić information content (AvgIpc) is 2.42. The van der Waals surface area contributed by atoms with Gasteiger partial charge in [-0.25, -0.2) is 17.1 Å². The molecule has 4 nitrogen and oxygen atoms in total. The van der Waals surface area contributed by atoms with Crippen LogP contribution in [0.15, 0.2) is 23.1 Å². The fourth-order valence-electron chi connectivity index (χ4n) is 2.56. The molecule has 0 aromatic heterocycles. The van der Waals surface area contributed by atoms with Crippen LogP contribution in [0.5, 0.6) is 0 Å². The molecule has 1 heterocycles. The molecule has 1 aromatic rings. The molecule has 0 amide bonds. The van der Waals surface area contributed by atoms with Gasteiger partial charge in [0.2, 0.25) is 10.0 Å². The molecule has 1 saturated heterocycles. The van der Waals surface area contributed by atoms with Crippen molar-refractivity contribution in [3.63, 3.8) is 0 Å². The van der Waals surface area contributed by atoms with E-state index in [0.29, 0.717) is 18.0 Å². The lowest BCUT2D eigenvalue weighted by Crippen LogP contribution is -2.39. The molecule has 1 unspecified atom stereocenters. The van der Waals surface area contributed by atoms with Gasteiger partial charge in [-0.2, -0.15) is 0 Å². The van der Waals surface area contributed by atoms with E-state index in [9.17, 15) is 12.8 Å². The van der Waals surface area contributed by atoms with Gasteiger partial charge in [-0.1, -0.05) is 6.07 Å². The molecule has 0 aliphatic carbocycles. The number of nitrogens with one attached hydrogen (secondary N) is 1. The largest absolute Gasteiger partial charge is 0.316 e. The Bertz CT molecular complexity index is 569. The molecular weight excluding hydrogens is 279 g/mol. The predicted molar refractivity (Wildman–Crippen MR) is 76.5 cm³/mol. The Morgan fingerprint density at radius 3 is 2.85 bits per heavy atom. The molecule has 6 heteroatoms. The van der Waals surface area contributed by atoms with Crippen molar-refractivity contribution >= 4 is 10.0 Å². The van der Waals surface area contributed by atoms with Gasteiger partial charge in [0.25, 0.3) is 0 Å². The molecule has 20 heavy (non-hydrogen) atoms. The van der Waals surface area contributed by atoms with E-state index in [1.807, 2.05) is 0 Å². The van der Waals surface area contributed by atoms with Gasteiger partial charge in [0, 0.05) is 13.6 Å². The van der Waals surface area contributed by atoms with Crippen molar-refractivity contribution in [3.05, 3.63) is 29.6 Å². The number of piperidine rings is 1. The van der Waals surface area contributed by atoms with Crippen molar-refractivity contribution in [1.29, 1.82) is 0 Å². The molecule has 1 aliphatic heterocycles. The van der Waals surface area contributed by atoms with Gasteiger partial charge in [-0.3, -0.25) is 0 Å². The van der Waals surface area contributed by atoms with Crippen LogP contribution >= 0.6 is 0 Å². The molecule has 1 aliphatic rings. The van der Waals surface area contributed by atoms with Crippen molar-refractivity contribution in [2.45, 2.75) is 24.7 Å². The molecule has 2 rings (SSSR count). The number of sulfonamides is 1. The lowest BCUT2D eigenvalue weighted by atomic mass is 10.00. The van der Waals surface area contributed by atoms with Crippen LogP contribution in [0.25, 0.3) is 0 Å². The lowest BCUT2D eigenvalue weighted by molar-refractivity contribution is 0.314. The fourth-order valence-corrected chi connectivity index (χ4v) is 4.04. The Labute approximate surface area is 120 Å². The third-order valence-electron chi connectivity index (χ3n) is 3.75. The summed E-state index contributed by atoms with van der Waals surface area (Å²) >= 11 is 0. The van der Waals surface area contributed by atoms with E-state index in [-0.39, 0.29) is 4.90 Å². The molecule has 1 atom stereocenters. The number of hydrogen-bond donors (Lipinski definition) is 1. The highest BCUT2D eigenvalue weighted by Gasteiger charge is 2.26. The van der Waals surface area contributed by atoms with Crippen molar-refractivity contribution in [3.8, 4) is 0 Å². The quantitative estimate of drug-likeness (QED) is 0.922. The Morgan fingerprint density at radius 1 is 1.45 bits per heavy atom. The summed E-state index contributed by atoms with van der Waals surface area (Å²) in [6.07, 6.45) is 2.09. The minimum Gasteiger partial charge on any atom is -0.316 e. The van der Waals surface area contributed by atoms with Crippen LogP contribution in [-0.2, 0) is 10.0 Å². The summed E-state index contributed by atoms with van der Waals surface area (Å²) in [4.78, 5) is 0.0590. The Hall–Kier alpha value is -0.980. The topological polar surface area (TPSA) is 49.4 Å². The first-order valence-electron chi connectivity index (χ1n) is 6.84. The molecule has 1 fully saturated rings. The Kier molecular flexibility index (Phi) is 4.78. The second kappa shape index (κ2) is 6.20. The van der Waals surface area contributed by atoms with Gasteiger partial charge in [0.15, 0.2) is 0 Å². The maximum Gasteiger partial charge on any atom is 0.243 e. The summed E-state index contributed by atoms with van der Waals surface area (Å²) in [6.45, 7) is 3.98. The van der Waals surface area contributed by atoms with Crippen LogP contribution in [0.1, 0.15) is 18.4 Å². The zero-order valence-corrected chi connectivity index (χ0v) is 12.7. The third kappa shape index (κ3) is 3.37. The standard InChI is InChI=1S/C14H21FN2O2S/c1-11-5-6-13(15)8-14(11)20(18,19)17(2)10-12-4-3-7-16-9-12/h5-6,8,12,16H,3-4,7,9-10H2,1-2H3. The summed E-state index contributed by atoms with van der Waals surface area (Å²) in [7, 11) is -2.06. The van der Waals surface area contributed by atoms with Crippen LogP contribution in [0.2, 0.25) is 0 Å². The Balaban J connectivity index is 2.18. The monoisotopic (exact) mass is 300 g/mol. The van der Waals surface area contributed by atoms with Gasteiger partial charge in [0.1, 0.15) is 5.82 Å². The molecule has 0 bridgehead atoms. The highest BCUT2D eigenvalue weighted by Crippen LogP contribution is 2.22. The SMILES string of the molecule is Cc1ccc(F)cc1S(=O)(=O)N(C)CC1CCCNC1. The minimum absolute atomic E-state index is 0.0590. The van der Waals surface area contributed by atoms with Crippen LogP contribution in [0, 0.1) is 18.7 Å². The molecular formula is C14H21FN2O2S. The number of hydrogen-bond acceptors (Lipinski definition) is 3. The predicted octanol–water partition coefficient (Wildman–Crippen LogP) is 1.75. The van der Waals surface area contributed by atoms with Gasteiger partial charge in [-0.15, -0.1) is 0 Å². The molecule has 0 radical (unpaired) electrons. The highest BCUT2D eigenvalue weighted by atomic mass is 32.2. The van der Waals surface area contributed by atoms with Crippen molar-refractivity contribution in [2.75, 3.05) is 26.7 Å². The molecule has 0 spiro atoms. The van der Waals surface area contributed by atoms with E-state index < -0.39 is 15.8 Å². The van der Waals surface area contributed by atoms with Crippen LogP contribution < -0.4 is 5.32 Å². The van der Waals surface area contributed by atoms with E-state index in [2.05, 4.69) is 5.32 Å². The third-order valence-corrected chi connectivity index (χ3v) is 5.72. The molecule has 0 saturated carbocycles. The number of benzene rings is 1. The van der Waals surface area contributed by atoms with Crippen molar-refractivity contribution in [2.24, 2.45) is 5.92 Å². The van der Waals surface area contributed by atoms with Crippen molar-refractivity contribution < 1.29 is 12.8 Å². The van der Waals surface area contributed by atoms with Gasteiger partial charge in [0.05, 0.1) is 4.90 Å². The summed E-state index contributed by atoms with van der Waals surface area (Å²) in [5.41, 5.74) is 0.569. The van der Waals surface area contributed by atoms with E-state index in [1.54, 1.807) is 14.0 Å². The summed E-state index contributed by atoms with van der Waals surface area (Å²) in [6, 6.07) is 3.87. The number of aryl methyl sites for hydroxylation is 1. The van der Waals surface area contributed by atoms with E-state index in [4.69, 9.17) is 0 Å². The second-order valence-electron chi connectivity index (χ2n) is 5.41. The average molecular weight is 300 g/mol. The highest BCUT2D eigenvalue weighted by molar-refractivity contribution is 7.89. The first-order valence-corrected chi connectivity index (χ1v) is 8.28.